The Morgan fingerprint density at radius 3 is 1.08 bits per heavy atom. The van der Waals surface area contributed by atoms with Gasteiger partial charge < -0.3 is 5.11 Å². The van der Waals surface area contributed by atoms with E-state index in [0.29, 0.717) is 0 Å². The van der Waals surface area contributed by atoms with E-state index in [1.54, 1.807) is 0 Å². The fourth-order valence-corrected chi connectivity index (χ4v) is 2.95. The molecule has 0 aliphatic carbocycles. The zero-order valence-electron chi connectivity index (χ0n) is 17.3. The predicted octanol–water partition coefficient (Wildman–Crippen LogP) is 7.85. The maximum absolute atomic E-state index is 14.5. The third kappa shape index (κ3) is 5.03. The SMILES string of the molecule is OCCCCc1c(C(F)(F)C(F)(F)C(F)(F)C(F)(F)F)cccc1C(F)(F)C(F)(F)C(F)(F)C(F)(F)F. The van der Waals surface area contributed by atoms with Crippen molar-refractivity contribution in [2.75, 3.05) is 6.61 Å². The van der Waals surface area contributed by atoms with Crippen LogP contribution in [0.5, 0.6) is 0 Å². The Balaban J connectivity index is 4.03. The van der Waals surface area contributed by atoms with Crippen molar-refractivity contribution in [2.45, 2.75) is 67.2 Å². The fraction of sp³-hybridized carbons (Fsp3) is 0.667. The van der Waals surface area contributed by atoms with Gasteiger partial charge in [0.1, 0.15) is 0 Å². The summed E-state index contributed by atoms with van der Waals surface area (Å²) in [5.41, 5.74) is -8.17. The van der Waals surface area contributed by atoms with Gasteiger partial charge in [0, 0.05) is 17.7 Å². The standard InChI is InChI=1S/C18H12F18O/c19-11(20,13(23,24)15(27,28)17(31,32)33)9-5-3-6-10(8(9)4-1-2-7-37)12(21,22)14(25,26)16(29,30)18(34,35)36/h3,5-6,37H,1-2,4,7H2. The maximum Gasteiger partial charge on any atom is 0.460 e. The summed E-state index contributed by atoms with van der Waals surface area (Å²) >= 11 is 0. The molecular formula is C18H12F18O. The van der Waals surface area contributed by atoms with Crippen LogP contribution in [-0.2, 0) is 18.3 Å². The van der Waals surface area contributed by atoms with E-state index in [9.17, 15) is 79.0 Å². The number of alkyl halides is 18. The number of rotatable bonds is 10. The van der Waals surface area contributed by atoms with Crippen molar-refractivity contribution in [1.82, 2.24) is 0 Å². The van der Waals surface area contributed by atoms with Crippen LogP contribution in [0.3, 0.4) is 0 Å². The Morgan fingerprint density at radius 2 is 0.811 bits per heavy atom. The van der Waals surface area contributed by atoms with Crippen LogP contribution >= 0.6 is 0 Å². The molecule has 19 heteroatoms. The molecule has 1 aromatic rings. The lowest BCUT2D eigenvalue weighted by atomic mass is 9.84. The number of hydrogen-bond donors (Lipinski definition) is 1. The molecule has 0 amide bonds. The van der Waals surface area contributed by atoms with Gasteiger partial charge in [-0.15, -0.1) is 0 Å². The van der Waals surface area contributed by atoms with Crippen LogP contribution in [0.15, 0.2) is 18.2 Å². The van der Waals surface area contributed by atoms with Gasteiger partial charge in [-0.3, -0.25) is 0 Å². The van der Waals surface area contributed by atoms with Crippen molar-refractivity contribution in [1.29, 1.82) is 0 Å². The van der Waals surface area contributed by atoms with Gasteiger partial charge in [-0.2, -0.15) is 79.0 Å². The molecule has 0 atom stereocenters. The Labute approximate surface area is 194 Å². The van der Waals surface area contributed by atoms with Gasteiger partial charge in [0.15, 0.2) is 0 Å². The third-order valence-corrected chi connectivity index (χ3v) is 4.98. The molecule has 216 valence electrons. The molecule has 0 radical (unpaired) electrons. The molecule has 0 spiro atoms. The lowest BCUT2D eigenvalue weighted by molar-refractivity contribution is -0.400. The molecule has 0 bridgehead atoms. The van der Waals surface area contributed by atoms with E-state index in [-0.39, 0.29) is 6.07 Å². The lowest BCUT2D eigenvalue weighted by Crippen LogP contribution is -2.60. The van der Waals surface area contributed by atoms with Crippen molar-refractivity contribution in [3.8, 4) is 0 Å². The van der Waals surface area contributed by atoms with Gasteiger partial charge in [0.25, 0.3) is 0 Å². The fourth-order valence-electron chi connectivity index (χ4n) is 2.95. The number of halogens is 18. The van der Waals surface area contributed by atoms with Gasteiger partial charge in [-0.1, -0.05) is 18.2 Å². The highest BCUT2D eigenvalue weighted by Gasteiger charge is 2.84. The van der Waals surface area contributed by atoms with Crippen LogP contribution in [0.2, 0.25) is 0 Å². The third-order valence-electron chi connectivity index (χ3n) is 4.98. The minimum absolute atomic E-state index is 0.356. The lowest BCUT2D eigenvalue weighted by Gasteiger charge is -2.37. The smallest absolute Gasteiger partial charge is 0.396 e. The average Bonchev–Trinajstić information content (AvgIpc) is 2.71. The molecular weight excluding hydrogens is 574 g/mol. The first-order chi connectivity index (χ1) is 16.2. The molecule has 0 saturated carbocycles. The molecule has 1 aromatic carbocycles. The molecule has 0 heterocycles. The van der Waals surface area contributed by atoms with Crippen LogP contribution in [0.1, 0.15) is 29.5 Å². The summed E-state index contributed by atoms with van der Waals surface area (Å²) in [6, 6.07) is -1.37. The van der Waals surface area contributed by atoms with Gasteiger partial charge >= 0.3 is 47.9 Å². The van der Waals surface area contributed by atoms with Gasteiger partial charge in [-0.05, 0) is 24.8 Å². The van der Waals surface area contributed by atoms with Crippen LogP contribution in [0.4, 0.5) is 79.0 Å². The highest BCUT2D eigenvalue weighted by Crippen LogP contribution is 2.60. The Morgan fingerprint density at radius 1 is 0.486 bits per heavy atom. The van der Waals surface area contributed by atoms with Gasteiger partial charge in [0.05, 0.1) is 0 Å². The Kier molecular flexibility index (Phi) is 8.54. The molecule has 1 N–H and O–H groups in total. The summed E-state index contributed by atoms with van der Waals surface area (Å²) in [5, 5.41) is 8.67. The number of aliphatic hydroxyl groups excluding tert-OH is 1. The van der Waals surface area contributed by atoms with E-state index < -0.39 is 103 Å². The monoisotopic (exact) mass is 586 g/mol. The number of benzene rings is 1. The van der Waals surface area contributed by atoms with Gasteiger partial charge in [0.2, 0.25) is 0 Å². The Hall–Kier alpha value is -2.08. The van der Waals surface area contributed by atoms with Gasteiger partial charge in [-0.25, -0.2) is 0 Å². The summed E-state index contributed by atoms with van der Waals surface area (Å²) < 4.78 is 241. The summed E-state index contributed by atoms with van der Waals surface area (Å²) in [7, 11) is 0. The summed E-state index contributed by atoms with van der Waals surface area (Å²) in [6.07, 6.45) is -18.1. The van der Waals surface area contributed by atoms with E-state index in [4.69, 9.17) is 5.11 Å². The first-order valence-corrected chi connectivity index (χ1v) is 9.32. The van der Waals surface area contributed by atoms with Crippen molar-refractivity contribution in [3.63, 3.8) is 0 Å². The van der Waals surface area contributed by atoms with Crippen LogP contribution < -0.4 is 0 Å². The van der Waals surface area contributed by atoms with E-state index in [1.807, 2.05) is 0 Å². The van der Waals surface area contributed by atoms with Crippen molar-refractivity contribution in [2.24, 2.45) is 0 Å². The minimum atomic E-state index is -7.59. The second-order valence-corrected chi connectivity index (χ2v) is 7.45. The summed E-state index contributed by atoms with van der Waals surface area (Å²) in [4.78, 5) is 0. The largest absolute Gasteiger partial charge is 0.460 e. The molecule has 0 unspecified atom stereocenters. The quantitative estimate of drug-likeness (QED) is 0.219. The predicted molar refractivity (Wildman–Crippen MR) is 86.2 cm³/mol. The second-order valence-electron chi connectivity index (χ2n) is 7.45. The highest BCUT2D eigenvalue weighted by molar-refractivity contribution is 5.43. The molecule has 0 aromatic heterocycles. The molecule has 0 saturated heterocycles. The summed E-state index contributed by atoms with van der Waals surface area (Å²) in [5.74, 6) is -43.9. The zero-order valence-corrected chi connectivity index (χ0v) is 17.3. The molecule has 37 heavy (non-hydrogen) atoms. The summed E-state index contributed by atoms with van der Waals surface area (Å²) in [6.45, 7) is -0.950. The van der Waals surface area contributed by atoms with Crippen molar-refractivity contribution >= 4 is 0 Å². The number of unbranched alkanes of at least 4 members (excludes halogenated alkanes) is 1. The van der Waals surface area contributed by atoms with E-state index in [1.165, 1.54) is 0 Å². The van der Waals surface area contributed by atoms with Crippen molar-refractivity contribution < 1.29 is 84.1 Å². The number of hydrogen-bond acceptors (Lipinski definition) is 1. The van der Waals surface area contributed by atoms with E-state index >= 15 is 0 Å². The average molecular weight is 586 g/mol. The van der Waals surface area contributed by atoms with E-state index in [2.05, 4.69) is 0 Å². The molecule has 1 nitrogen and oxygen atoms in total. The molecule has 1 rings (SSSR count). The van der Waals surface area contributed by atoms with Crippen molar-refractivity contribution in [3.05, 3.63) is 34.9 Å². The zero-order chi connectivity index (χ0) is 29.7. The van der Waals surface area contributed by atoms with Crippen LogP contribution in [0, 0.1) is 0 Å². The first-order valence-electron chi connectivity index (χ1n) is 9.32. The highest BCUT2D eigenvalue weighted by atomic mass is 19.4. The molecule has 0 aliphatic heterocycles. The molecule has 0 aliphatic rings. The van der Waals surface area contributed by atoms with Crippen LogP contribution in [-0.4, -0.2) is 47.8 Å². The minimum Gasteiger partial charge on any atom is -0.396 e. The Bertz CT molecular complexity index is 875. The van der Waals surface area contributed by atoms with Crippen LogP contribution in [0.25, 0.3) is 0 Å². The molecule has 0 fully saturated rings. The van der Waals surface area contributed by atoms with E-state index in [0.717, 1.165) is 0 Å². The topological polar surface area (TPSA) is 20.2 Å². The maximum atomic E-state index is 14.5. The second kappa shape index (κ2) is 9.59. The normalized spacial score (nSPS) is 15.3. The first kappa shape index (κ1) is 32.9. The number of aliphatic hydroxyl groups is 1.